The smallest absolute Gasteiger partial charge is 0.375 e. The summed E-state index contributed by atoms with van der Waals surface area (Å²) in [6, 6.07) is 4.70. The number of aromatic amines is 1. The third-order valence-electron chi connectivity index (χ3n) is 3.87. The lowest BCUT2D eigenvalue weighted by Gasteiger charge is -2.34. The fourth-order valence-corrected chi connectivity index (χ4v) is 2.85. The van der Waals surface area contributed by atoms with Crippen LogP contribution < -0.4 is 0 Å². The van der Waals surface area contributed by atoms with Gasteiger partial charge in [-0.15, -0.1) is 0 Å². The van der Waals surface area contributed by atoms with Crippen LogP contribution in [0.4, 0.5) is 18.9 Å². The van der Waals surface area contributed by atoms with Gasteiger partial charge in [0.25, 0.3) is 0 Å². The molecule has 104 valence electrons. The summed E-state index contributed by atoms with van der Waals surface area (Å²) in [4.78, 5) is 5.98. The summed E-state index contributed by atoms with van der Waals surface area (Å²) in [5.74, 6) is 0. The van der Waals surface area contributed by atoms with Crippen LogP contribution in [0.1, 0.15) is 24.1 Å². The number of halogens is 3. The average Bonchev–Trinajstić information content (AvgIpc) is 2.77. The second-order valence-corrected chi connectivity index (χ2v) is 5.03. The van der Waals surface area contributed by atoms with E-state index in [0.29, 0.717) is 28.6 Å². The second-order valence-electron chi connectivity index (χ2n) is 5.03. The predicted octanol–water partition coefficient (Wildman–Crippen LogP) is 3.80. The van der Waals surface area contributed by atoms with Crippen LogP contribution in [0.5, 0.6) is 0 Å². The first-order chi connectivity index (χ1) is 9.37. The lowest BCUT2D eigenvalue weighted by Crippen LogP contribution is -2.45. The van der Waals surface area contributed by atoms with Crippen molar-refractivity contribution in [2.45, 2.75) is 31.0 Å². The van der Waals surface area contributed by atoms with Crippen LogP contribution in [-0.2, 0) is 12.0 Å². The van der Waals surface area contributed by atoms with Crippen molar-refractivity contribution < 1.29 is 18.3 Å². The van der Waals surface area contributed by atoms with E-state index in [1.165, 1.54) is 0 Å². The van der Waals surface area contributed by atoms with Crippen molar-refractivity contribution in [1.82, 2.24) is 4.98 Å². The minimum atomic E-state index is -4.72. The number of hydrogen-bond acceptors (Lipinski definition) is 1. The molecule has 0 aliphatic heterocycles. The Morgan fingerprint density at radius 1 is 1.35 bits per heavy atom. The molecular formula is C14H11F3N2O. The molecule has 0 fully saturated rings. The fourth-order valence-electron chi connectivity index (χ4n) is 2.85. The summed E-state index contributed by atoms with van der Waals surface area (Å²) in [5, 5.41) is 10.7. The molecule has 20 heavy (non-hydrogen) atoms. The van der Waals surface area contributed by atoms with Gasteiger partial charge in [-0.2, -0.15) is 13.2 Å². The molecule has 0 saturated carbocycles. The number of benzene rings is 1. The number of alkyl halides is 3. The molecule has 2 aromatic rings. The zero-order valence-corrected chi connectivity index (χ0v) is 10.4. The summed E-state index contributed by atoms with van der Waals surface area (Å²) < 4.78 is 39.5. The number of aliphatic hydroxyl groups is 1. The predicted molar refractivity (Wildman–Crippen MR) is 67.5 cm³/mol. The van der Waals surface area contributed by atoms with Gasteiger partial charge in [-0.1, -0.05) is 6.07 Å². The number of fused-ring (bicyclic) bond motifs is 3. The van der Waals surface area contributed by atoms with E-state index in [2.05, 4.69) is 9.83 Å². The first-order valence-corrected chi connectivity index (χ1v) is 6.18. The van der Waals surface area contributed by atoms with E-state index in [1.54, 1.807) is 18.2 Å². The largest absolute Gasteiger partial charge is 0.422 e. The first kappa shape index (κ1) is 13.0. The van der Waals surface area contributed by atoms with Crippen LogP contribution in [0, 0.1) is 6.57 Å². The number of hydrogen-bond donors (Lipinski definition) is 2. The third-order valence-corrected chi connectivity index (χ3v) is 3.87. The maximum Gasteiger partial charge on any atom is 0.422 e. The van der Waals surface area contributed by atoms with E-state index in [4.69, 9.17) is 6.57 Å². The van der Waals surface area contributed by atoms with Crippen molar-refractivity contribution in [3.63, 3.8) is 0 Å². The number of aromatic nitrogens is 1. The van der Waals surface area contributed by atoms with Gasteiger partial charge in [0.05, 0.1) is 12.3 Å². The van der Waals surface area contributed by atoms with Gasteiger partial charge in [-0.05, 0) is 42.3 Å². The zero-order valence-electron chi connectivity index (χ0n) is 10.4. The van der Waals surface area contributed by atoms with E-state index >= 15 is 0 Å². The van der Waals surface area contributed by atoms with Crippen LogP contribution >= 0.6 is 0 Å². The number of H-pyrrole nitrogens is 1. The molecular weight excluding hydrogens is 269 g/mol. The van der Waals surface area contributed by atoms with Gasteiger partial charge in [-0.25, -0.2) is 4.85 Å². The van der Waals surface area contributed by atoms with Crippen molar-refractivity contribution >= 4 is 16.6 Å². The molecule has 6 heteroatoms. The molecule has 1 aromatic carbocycles. The summed E-state index contributed by atoms with van der Waals surface area (Å²) in [5.41, 5.74) is -1.63. The van der Waals surface area contributed by atoms with Crippen LogP contribution in [-0.4, -0.2) is 16.3 Å². The molecule has 1 unspecified atom stereocenters. The van der Waals surface area contributed by atoms with Gasteiger partial charge in [-0.3, -0.25) is 0 Å². The van der Waals surface area contributed by atoms with Gasteiger partial charge in [0.15, 0.2) is 5.69 Å². The van der Waals surface area contributed by atoms with E-state index in [0.717, 1.165) is 0 Å². The van der Waals surface area contributed by atoms with Gasteiger partial charge in [0, 0.05) is 5.52 Å². The molecule has 0 bridgehead atoms. The summed E-state index contributed by atoms with van der Waals surface area (Å²) in [7, 11) is 0. The van der Waals surface area contributed by atoms with E-state index in [9.17, 15) is 18.3 Å². The summed E-state index contributed by atoms with van der Waals surface area (Å²) >= 11 is 0. The number of aryl methyl sites for hydroxylation is 1. The molecule has 1 aromatic heterocycles. The van der Waals surface area contributed by atoms with E-state index < -0.39 is 11.8 Å². The Morgan fingerprint density at radius 2 is 2.10 bits per heavy atom. The Kier molecular flexibility index (Phi) is 2.60. The Hall–Kier alpha value is -2.00. The molecule has 1 aliphatic rings. The van der Waals surface area contributed by atoms with Crippen molar-refractivity contribution in [3.05, 3.63) is 40.9 Å². The summed E-state index contributed by atoms with van der Waals surface area (Å²) in [6.45, 7) is 6.97. The van der Waals surface area contributed by atoms with E-state index in [-0.39, 0.29) is 18.5 Å². The lowest BCUT2D eigenvalue weighted by molar-refractivity contribution is -0.272. The van der Waals surface area contributed by atoms with Crippen LogP contribution in [0.25, 0.3) is 15.7 Å². The number of rotatable bonds is 0. The van der Waals surface area contributed by atoms with E-state index in [1.807, 2.05) is 0 Å². The fraction of sp³-hybridized carbons (Fsp3) is 0.357. The van der Waals surface area contributed by atoms with Crippen LogP contribution in [0.3, 0.4) is 0 Å². The van der Waals surface area contributed by atoms with Crippen molar-refractivity contribution in [3.8, 4) is 0 Å². The minimum Gasteiger partial charge on any atom is -0.375 e. The highest BCUT2D eigenvalue weighted by atomic mass is 19.4. The SMILES string of the molecule is [C-]#[N+]c1ccc2[nH]c3c(c2c1)CCCC3(O)C(F)(F)F. The Balaban J connectivity index is 2.29. The van der Waals surface area contributed by atoms with Gasteiger partial charge in [0.2, 0.25) is 5.60 Å². The Morgan fingerprint density at radius 3 is 2.75 bits per heavy atom. The van der Waals surface area contributed by atoms with Gasteiger partial charge < -0.3 is 10.1 Å². The molecule has 2 N–H and O–H groups in total. The average molecular weight is 280 g/mol. The standard InChI is InChI=1S/C14H11F3N2O/c1-18-8-4-5-11-10(7-8)9-3-2-6-13(20,12(9)19-11)14(15,16)17/h4-5,7,19-20H,2-3,6H2. The molecule has 0 radical (unpaired) electrons. The monoisotopic (exact) mass is 280 g/mol. The van der Waals surface area contributed by atoms with Gasteiger partial charge in [0.1, 0.15) is 0 Å². The maximum atomic E-state index is 13.2. The number of nitrogens with one attached hydrogen (secondary N) is 1. The molecule has 1 heterocycles. The second kappa shape index (κ2) is 4.00. The first-order valence-electron chi connectivity index (χ1n) is 6.18. The van der Waals surface area contributed by atoms with Gasteiger partial charge >= 0.3 is 6.18 Å². The molecule has 0 saturated heterocycles. The lowest BCUT2D eigenvalue weighted by atomic mass is 9.82. The highest BCUT2D eigenvalue weighted by Crippen LogP contribution is 2.48. The Bertz CT molecular complexity index is 726. The highest BCUT2D eigenvalue weighted by Gasteiger charge is 2.57. The topological polar surface area (TPSA) is 40.4 Å². The molecule has 0 spiro atoms. The van der Waals surface area contributed by atoms with Crippen molar-refractivity contribution in [2.75, 3.05) is 0 Å². The van der Waals surface area contributed by atoms with Crippen molar-refractivity contribution in [1.29, 1.82) is 0 Å². The molecule has 1 aliphatic carbocycles. The normalized spacial score (nSPS) is 22.6. The Labute approximate surface area is 112 Å². The van der Waals surface area contributed by atoms with Crippen molar-refractivity contribution in [2.24, 2.45) is 0 Å². The molecule has 0 amide bonds. The quantitative estimate of drug-likeness (QED) is 0.708. The zero-order chi connectivity index (χ0) is 14.5. The summed E-state index contributed by atoms with van der Waals surface area (Å²) in [6.07, 6.45) is -4.33. The minimum absolute atomic E-state index is 0.173. The molecule has 3 rings (SSSR count). The molecule has 1 atom stereocenters. The van der Waals surface area contributed by atoms with Crippen LogP contribution in [0.2, 0.25) is 0 Å². The number of nitrogens with zero attached hydrogens (tertiary/aromatic N) is 1. The highest BCUT2D eigenvalue weighted by molar-refractivity contribution is 5.88. The maximum absolute atomic E-state index is 13.2. The third kappa shape index (κ3) is 1.63. The van der Waals surface area contributed by atoms with Crippen LogP contribution in [0.15, 0.2) is 18.2 Å². The molecule has 3 nitrogen and oxygen atoms in total.